The van der Waals surface area contributed by atoms with Crippen molar-refractivity contribution >= 4 is 44.0 Å². The minimum Gasteiger partial charge on any atom is -0.492 e. The van der Waals surface area contributed by atoms with Crippen LogP contribution < -0.4 is 10.1 Å². The molecular formula is C27H33N7OS. The van der Waals surface area contributed by atoms with Gasteiger partial charge in [0.15, 0.2) is 0 Å². The Hall–Kier alpha value is -3.56. The number of aromatic nitrogens is 5. The van der Waals surface area contributed by atoms with E-state index in [0.717, 1.165) is 62.6 Å². The normalized spacial score (nSPS) is 13.4. The molecule has 0 spiro atoms. The number of hydrogen-bond donors (Lipinski definition) is 2. The minimum absolute atomic E-state index is 0.530. The molecule has 4 heterocycles. The molecule has 3 aromatic heterocycles. The number of nitrogens with one attached hydrogen (secondary N) is 2. The van der Waals surface area contributed by atoms with Crippen molar-refractivity contribution in [3.63, 3.8) is 0 Å². The highest BCUT2D eigenvalue weighted by Crippen LogP contribution is 2.37. The van der Waals surface area contributed by atoms with Gasteiger partial charge in [-0.2, -0.15) is 5.10 Å². The second-order valence-corrected chi connectivity index (χ2v) is 9.02. The molecule has 1 aliphatic heterocycles. The number of fused-ring (bicyclic) bond motifs is 2. The van der Waals surface area contributed by atoms with Crippen molar-refractivity contribution in [1.29, 1.82) is 0 Å². The van der Waals surface area contributed by atoms with Crippen LogP contribution in [0.15, 0.2) is 54.6 Å². The van der Waals surface area contributed by atoms with E-state index in [4.69, 9.17) is 4.74 Å². The van der Waals surface area contributed by atoms with Gasteiger partial charge in [0.25, 0.3) is 0 Å². The van der Waals surface area contributed by atoms with Crippen LogP contribution in [0.5, 0.6) is 5.75 Å². The number of H-pyrrole nitrogens is 1. The molecule has 2 aromatic carbocycles. The Bertz CT molecular complexity index is 1390. The summed E-state index contributed by atoms with van der Waals surface area (Å²) >= 11 is 1.62. The summed E-state index contributed by atoms with van der Waals surface area (Å²) < 4.78 is 7.49. The molecule has 0 bridgehead atoms. The summed E-state index contributed by atoms with van der Waals surface area (Å²) in [4.78, 5) is 15.8. The fourth-order valence-corrected chi connectivity index (χ4v) is 4.86. The summed E-state index contributed by atoms with van der Waals surface area (Å²) in [6, 6.07) is 10.2. The molecule has 1 aliphatic rings. The van der Waals surface area contributed by atoms with Crippen molar-refractivity contribution in [3.05, 3.63) is 54.6 Å². The van der Waals surface area contributed by atoms with E-state index in [2.05, 4.69) is 54.5 Å². The fraction of sp³-hybridized carbons (Fsp3) is 0.333. The van der Waals surface area contributed by atoms with Crippen LogP contribution in [-0.4, -0.2) is 56.8 Å². The van der Waals surface area contributed by atoms with Crippen LogP contribution in [0.4, 0.5) is 11.5 Å². The maximum atomic E-state index is 6.36. The molecule has 0 atom stereocenters. The van der Waals surface area contributed by atoms with E-state index in [9.17, 15) is 0 Å². The third kappa shape index (κ3) is 5.47. The lowest BCUT2D eigenvalue weighted by atomic mass is 10.0. The average Bonchev–Trinajstić information content (AvgIpc) is 3.60. The molecule has 9 heteroatoms. The zero-order valence-corrected chi connectivity index (χ0v) is 22.3. The zero-order chi connectivity index (χ0) is 25.5. The van der Waals surface area contributed by atoms with Crippen molar-refractivity contribution in [2.24, 2.45) is 5.92 Å². The lowest BCUT2D eigenvalue weighted by Gasteiger charge is -2.35. The quantitative estimate of drug-likeness (QED) is 0.278. The van der Waals surface area contributed by atoms with Crippen LogP contribution in [-0.2, 0) is 0 Å². The highest BCUT2D eigenvalue weighted by atomic mass is 32.1. The van der Waals surface area contributed by atoms with E-state index in [-0.39, 0.29) is 0 Å². The van der Waals surface area contributed by atoms with E-state index >= 15 is 0 Å². The topological polar surface area (TPSA) is 91.9 Å². The number of anilines is 2. The average molecular weight is 504 g/mol. The van der Waals surface area contributed by atoms with E-state index in [1.807, 2.05) is 57.6 Å². The van der Waals surface area contributed by atoms with E-state index in [0.29, 0.717) is 12.5 Å². The Morgan fingerprint density at radius 3 is 2.61 bits per heavy atom. The molecule has 0 radical (unpaired) electrons. The molecular weight excluding hydrogens is 470 g/mol. The molecule has 1 fully saturated rings. The molecule has 0 saturated carbocycles. The Labute approximate surface area is 215 Å². The predicted octanol–water partition coefficient (Wildman–Crippen LogP) is 6.37. The van der Waals surface area contributed by atoms with Gasteiger partial charge in [0.1, 0.15) is 17.9 Å². The van der Waals surface area contributed by atoms with Crippen LogP contribution in [0, 0.1) is 5.92 Å². The van der Waals surface area contributed by atoms with Gasteiger partial charge in [0, 0.05) is 36.5 Å². The standard InChI is InChI=1S/C23H21N7OS.2C2H6/c1-30-9-14(10-30)11-31-20-5-15(16-7-27-28-8-16)4-19-22(20)23(25-12-24-19)29-17-2-3-18-21(6-17)32-13-26-18;2*1-2/h2-8,12-14H,9-11H2,1H3,(H,27,28)(H,24,25,29);2*1-2H3. The van der Waals surface area contributed by atoms with Crippen LogP contribution in [0.3, 0.4) is 0 Å². The number of rotatable bonds is 6. The predicted molar refractivity (Wildman–Crippen MR) is 149 cm³/mol. The summed E-state index contributed by atoms with van der Waals surface area (Å²) in [6.07, 6.45) is 5.26. The highest BCUT2D eigenvalue weighted by Gasteiger charge is 2.24. The van der Waals surface area contributed by atoms with Gasteiger partial charge in [0.05, 0.1) is 39.4 Å². The first-order chi connectivity index (χ1) is 17.7. The zero-order valence-electron chi connectivity index (χ0n) is 21.4. The Kier molecular flexibility index (Phi) is 8.45. The number of nitrogens with zero attached hydrogens (tertiary/aromatic N) is 5. The second-order valence-electron chi connectivity index (χ2n) is 8.14. The summed E-state index contributed by atoms with van der Waals surface area (Å²) in [5.41, 5.74) is 6.61. The summed E-state index contributed by atoms with van der Waals surface area (Å²) in [7, 11) is 2.13. The third-order valence-corrected chi connectivity index (χ3v) is 6.53. The highest BCUT2D eigenvalue weighted by molar-refractivity contribution is 7.16. The smallest absolute Gasteiger partial charge is 0.145 e. The SMILES string of the molecule is CC.CC.CN1CC(COc2cc(-c3cn[nH]c3)cc3ncnc(Nc4ccc5ncsc5c4)c23)C1. The molecule has 6 rings (SSSR count). The number of benzene rings is 2. The van der Waals surface area contributed by atoms with Gasteiger partial charge in [-0.25, -0.2) is 15.0 Å². The first-order valence-corrected chi connectivity index (χ1v) is 13.3. The monoisotopic (exact) mass is 503 g/mol. The molecule has 1 saturated heterocycles. The minimum atomic E-state index is 0.530. The molecule has 36 heavy (non-hydrogen) atoms. The Morgan fingerprint density at radius 1 is 1.03 bits per heavy atom. The van der Waals surface area contributed by atoms with Gasteiger partial charge < -0.3 is 15.0 Å². The van der Waals surface area contributed by atoms with Crippen LogP contribution in [0.1, 0.15) is 27.7 Å². The van der Waals surface area contributed by atoms with Crippen molar-refractivity contribution in [3.8, 4) is 16.9 Å². The summed E-state index contributed by atoms with van der Waals surface area (Å²) in [6.45, 7) is 10.8. The maximum Gasteiger partial charge on any atom is 0.145 e. The molecule has 188 valence electrons. The van der Waals surface area contributed by atoms with Gasteiger partial charge in [-0.15, -0.1) is 11.3 Å². The molecule has 0 aliphatic carbocycles. The van der Waals surface area contributed by atoms with Gasteiger partial charge in [-0.05, 0) is 42.9 Å². The molecule has 8 nitrogen and oxygen atoms in total. The van der Waals surface area contributed by atoms with E-state index in [1.54, 1.807) is 23.9 Å². The van der Waals surface area contributed by atoms with Crippen molar-refractivity contribution < 1.29 is 4.74 Å². The first kappa shape index (κ1) is 25.5. The summed E-state index contributed by atoms with van der Waals surface area (Å²) in [5, 5.41) is 11.3. The van der Waals surface area contributed by atoms with Crippen molar-refractivity contribution in [2.75, 3.05) is 32.1 Å². The number of likely N-dealkylation sites (tertiary alicyclic amines) is 1. The van der Waals surface area contributed by atoms with Gasteiger partial charge >= 0.3 is 0 Å². The van der Waals surface area contributed by atoms with Crippen LogP contribution >= 0.6 is 11.3 Å². The molecule has 0 amide bonds. The second kappa shape index (κ2) is 11.9. The number of thiazole rings is 1. The molecule has 0 unspecified atom stereocenters. The number of ether oxygens (including phenoxy) is 1. The van der Waals surface area contributed by atoms with Crippen LogP contribution in [0.2, 0.25) is 0 Å². The van der Waals surface area contributed by atoms with Gasteiger partial charge in [0.2, 0.25) is 0 Å². The van der Waals surface area contributed by atoms with E-state index < -0.39 is 0 Å². The largest absolute Gasteiger partial charge is 0.492 e. The van der Waals surface area contributed by atoms with Crippen LogP contribution in [0.25, 0.3) is 32.2 Å². The summed E-state index contributed by atoms with van der Waals surface area (Å²) in [5.74, 6) is 2.02. The molecule has 2 N–H and O–H groups in total. The lowest BCUT2D eigenvalue weighted by molar-refractivity contribution is 0.0864. The lowest BCUT2D eigenvalue weighted by Crippen LogP contribution is -2.46. The fourth-order valence-electron chi connectivity index (χ4n) is 4.15. The molecule has 5 aromatic rings. The van der Waals surface area contributed by atoms with Crippen molar-refractivity contribution in [2.45, 2.75) is 27.7 Å². The maximum absolute atomic E-state index is 6.36. The Balaban J connectivity index is 0.000000726. The Morgan fingerprint density at radius 2 is 1.86 bits per heavy atom. The third-order valence-electron chi connectivity index (χ3n) is 5.74. The van der Waals surface area contributed by atoms with Crippen molar-refractivity contribution in [1.82, 2.24) is 30.0 Å². The van der Waals surface area contributed by atoms with Gasteiger partial charge in [-0.3, -0.25) is 5.10 Å². The number of aromatic amines is 1. The van der Waals surface area contributed by atoms with Gasteiger partial charge in [-0.1, -0.05) is 27.7 Å². The van der Waals surface area contributed by atoms with E-state index in [1.165, 1.54) is 0 Å². The number of hydrogen-bond acceptors (Lipinski definition) is 8. The first-order valence-electron chi connectivity index (χ1n) is 12.4.